The lowest BCUT2D eigenvalue weighted by atomic mass is 9.98. The van der Waals surface area contributed by atoms with Gasteiger partial charge in [0.25, 0.3) is 0 Å². The minimum absolute atomic E-state index is 0.239. The number of hydrogen-bond acceptors (Lipinski definition) is 6. The second kappa shape index (κ2) is 7.11. The van der Waals surface area contributed by atoms with Crippen LogP contribution in [0.1, 0.15) is 11.9 Å². The van der Waals surface area contributed by atoms with Crippen LogP contribution in [-0.4, -0.2) is 47.5 Å². The molecule has 25 heavy (non-hydrogen) atoms. The number of fused-ring (bicyclic) bond motifs is 1. The first-order valence-electron chi connectivity index (χ1n) is 8.28. The molecule has 4 rings (SSSR count). The molecular weight excluding hydrogens is 324 g/mol. The average molecular weight is 344 g/mol. The molecule has 6 heteroatoms. The summed E-state index contributed by atoms with van der Waals surface area (Å²) in [6.07, 6.45) is -5.16. The normalized spacial score (nSPS) is 35.0. The summed E-state index contributed by atoms with van der Waals surface area (Å²) in [4.78, 5) is 0. The van der Waals surface area contributed by atoms with Crippen LogP contribution in [0.25, 0.3) is 0 Å². The third kappa shape index (κ3) is 3.40. The Labute approximate surface area is 145 Å². The van der Waals surface area contributed by atoms with E-state index >= 15 is 0 Å². The maximum atomic E-state index is 10.5. The molecule has 2 fully saturated rings. The molecule has 2 saturated heterocycles. The van der Waals surface area contributed by atoms with Gasteiger partial charge in [-0.25, -0.2) is 0 Å². The molecule has 2 aromatic carbocycles. The molecule has 0 aliphatic carbocycles. The lowest BCUT2D eigenvalue weighted by Crippen LogP contribution is -2.62. The molecule has 2 aliphatic rings. The second-order valence-electron chi connectivity index (χ2n) is 6.13. The Morgan fingerprint density at radius 1 is 0.840 bits per heavy atom. The van der Waals surface area contributed by atoms with Crippen LogP contribution < -0.4 is 4.74 Å². The Bertz CT molecular complexity index is 677. The monoisotopic (exact) mass is 344 g/mol. The van der Waals surface area contributed by atoms with E-state index in [4.69, 9.17) is 18.9 Å². The predicted octanol–water partition coefficient (Wildman–Crippen LogP) is 1.63. The minimum Gasteiger partial charge on any atom is -0.462 e. The van der Waals surface area contributed by atoms with E-state index in [1.807, 2.05) is 48.5 Å². The second-order valence-corrected chi connectivity index (χ2v) is 6.13. The Morgan fingerprint density at radius 2 is 1.52 bits per heavy atom. The van der Waals surface area contributed by atoms with E-state index < -0.39 is 37.0 Å². The first-order valence-corrected chi connectivity index (χ1v) is 8.28. The number of hydrogen-bond donors (Lipinski definition) is 2. The van der Waals surface area contributed by atoms with Crippen molar-refractivity contribution in [2.45, 2.75) is 37.0 Å². The van der Waals surface area contributed by atoms with Gasteiger partial charge in [0.15, 0.2) is 6.29 Å². The fourth-order valence-electron chi connectivity index (χ4n) is 3.09. The molecule has 0 aromatic heterocycles. The summed E-state index contributed by atoms with van der Waals surface area (Å²) in [5, 5.41) is 20.9. The highest BCUT2D eigenvalue weighted by Gasteiger charge is 2.49. The molecule has 2 N–H and O–H groups in total. The van der Waals surface area contributed by atoms with Gasteiger partial charge in [-0.3, -0.25) is 0 Å². The molecule has 0 spiro atoms. The maximum absolute atomic E-state index is 10.5. The SMILES string of the molecule is O[C@H]1[C@H](Oc2ccccc2)O[C@@H]2COC(c3ccccc3)O[C@H]2[C@H]1O. The number of para-hydroxylation sites is 1. The van der Waals surface area contributed by atoms with E-state index in [1.165, 1.54) is 0 Å². The zero-order chi connectivity index (χ0) is 17.2. The van der Waals surface area contributed by atoms with Crippen molar-refractivity contribution in [2.75, 3.05) is 6.61 Å². The van der Waals surface area contributed by atoms with Gasteiger partial charge in [-0.2, -0.15) is 0 Å². The summed E-state index contributed by atoms with van der Waals surface area (Å²) >= 11 is 0. The number of aliphatic hydroxyl groups is 2. The molecule has 0 amide bonds. The highest BCUT2D eigenvalue weighted by atomic mass is 16.8. The molecule has 6 atom stereocenters. The van der Waals surface area contributed by atoms with Crippen molar-refractivity contribution >= 4 is 0 Å². The quantitative estimate of drug-likeness (QED) is 0.881. The van der Waals surface area contributed by atoms with Gasteiger partial charge in [-0.05, 0) is 12.1 Å². The molecule has 132 valence electrons. The first kappa shape index (κ1) is 16.5. The van der Waals surface area contributed by atoms with Crippen molar-refractivity contribution in [3.05, 3.63) is 66.2 Å². The fourth-order valence-corrected chi connectivity index (χ4v) is 3.09. The van der Waals surface area contributed by atoms with E-state index in [2.05, 4.69) is 0 Å². The van der Waals surface area contributed by atoms with Gasteiger partial charge in [-0.15, -0.1) is 0 Å². The molecule has 2 heterocycles. The van der Waals surface area contributed by atoms with E-state index in [-0.39, 0.29) is 6.61 Å². The Hall–Kier alpha value is -1.96. The zero-order valence-corrected chi connectivity index (χ0v) is 13.5. The molecule has 0 bridgehead atoms. The van der Waals surface area contributed by atoms with Crippen molar-refractivity contribution in [1.29, 1.82) is 0 Å². The Morgan fingerprint density at radius 3 is 2.24 bits per heavy atom. The van der Waals surface area contributed by atoms with Crippen LogP contribution >= 0.6 is 0 Å². The average Bonchev–Trinajstić information content (AvgIpc) is 2.67. The molecule has 1 unspecified atom stereocenters. The minimum atomic E-state index is -1.23. The standard InChI is InChI=1S/C19H20O6/c20-15-16(21)19(23-13-9-5-2-6-10-13)24-14-11-22-18(25-17(14)15)12-7-3-1-4-8-12/h1-10,14-21H,11H2/t14-,15+,16-,17-,18?,19-/m1/s1. The molecule has 2 aliphatic heterocycles. The van der Waals surface area contributed by atoms with Gasteiger partial charge < -0.3 is 29.2 Å². The predicted molar refractivity (Wildman–Crippen MR) is 87.8 cm³/mol. The van der Waals surface area contributed by atoms with Gasteiger partial charge in [0.2, 0.25) is 6.29 Å². The molecular formula is C19H20O6. The van der Waals surface area contributed by atoms with Crippen LogP contribution in [0, 0.1) is 0 Å². The van der Waals surface area contributed by atoms with Crippen LogP contribution in [0.2, 0.25) is 0 Å². The van der Waals surface area contributed by atoms with Crippen LogP contribution in [0.3, 0.4) is 0 Å². The highest BCUT2D eigenvalue weighted by Crippen LogP contribution is 2.34. The maximum Gasteiger partial charge on any atom is 0.229 e. The van der Waals surface area contributed by atoms with E-state index in [1.54, 1.807) is 12.1 Å². The van der Waals surface area contributed by atoms with Crippen molar-refractivity contribution in [1.82, 2.24) is 0 Å². The van der Waals surface area contributed by atoms with Gasteiger partial charge in [-0.1, -0.05) is 48.5 Å². The lowest BCUT2D eigenvalue weighted by Gasteiger charge is -2.46. The topological polar surface area (TPSA) is 77.4 Å². The van der Waals surface area contributed by atoms with E-state index in [9.17, 15) is 10.2 Å². The largest absolute Gasteiger partial charge is 0.462 e. The number of aliphatic hydroxyl groups excluding tert-OH is 2. The van der Waals surface area contributed by atoms with Crippen LogP contribution in [0.5, 0.6) is 5.75 Å². The number of ether oxygens (including phenoxy) is 4. The van der Waals surface area contributed by atoms with Crippen molar-refractivity contribution in [3.8, 4) is 5.75 Å². The Kier molecular flexibility index (Phi) is 4.70. The highest BCUT2D eigenvalue weighted by molar-refractivity contribution is 5.21. The molecule has 2 aromatic rings. The van der Waals surface area contributed by atoms with Gasteiger partial charge in [0, 0.05) is 5.56 Å². The van der Waals surface area contributed by atoms with E-state index in [0.29, 0.717) is 5.75 Å². The van der Waals surface area contributed by atoms with Crippen molar-refractivity contribution < 1.29 is 29.2 Å². The van der Waals surface area contributed by atoms with Gasteiger partial charge >= 0.3 is 0 Å². The summed E-state index contributed by atoms with van der Waals surface area (Å²) in [5.41, 5.74) is 0.852. The third-order valence-electron chi connectivity index (χ3n) is 4.40. The van der Waals surface area contributed by atoms with Gasteiger partial charge in [0.05, 0.1) is 6.61 Å². The zero-order valence-electron chi connectivity index (χ0n) is 13.5. The molecule has 0 radical (unpaired) electrons. The van der Waals surface area contributed by atoms with Crippen molar-refractivity contribution in [3.63, 3.8) is 0 Å². The summed E-state index contributed by atoms with van der Waals surface area (Å²) in [7, 11) is 0. The van der Waals surface area contributed by atoms with Crippen LogP contribution in [0.4, 0.5) is 0 Å². The van der Waals surface area contributed by atoms with Crippen LogP contribution in [0.15, 0.2) is 60.7 Å². The van der Waals surface area contributed by atoms with E-state index in [0.717, 1.165) is 5.56 Å². The Balaban J connectivity index is 1.46. The third-order valence-corrected chi connectivity index (χ3v) is 4.40. The first-order chi connectivity index (χ1) is 12.2. The van der Waals surface area contributed by atoms with Gasteiger partial charge in [0.1, 0.15) is 30.2 Å². The summed E-state index contributed by atoms with van der Waals surface area (Å²) < 4.78 is 23.0. The number of benzene rings is 2. The van der Waals surface area contributed by atoms with Crippen molar-refractivity contribution in [2.24, 2.45) is 0 Å². The lowest BCUT2D eigenvalue weighted by molar-refractivity contribution is -0.350. The summed E-state index contributed by atoms with van der Waals surface area (Å²) in [5.74, 6) is 0.553. The summed E-state index contributed by atoms with van der Waals surface area (Å²) in [6.45, 7) is 0.239. The summed E-state index contributed by atoms with van der Waals surface area (Å²) in [6, 6.07) is 18.5. The van der Waals surface area contributed by atoms with Crippen LogP contribution in [-0.2, 0) is 14.2 Å². The fraction of sp³-hybridized carbons (Fsp3) is 0.368. The molecule has 6 nitrogen and oxygen atoms in total. The smallest absolute Gasteiger partial charge is 0.229 e. The number of rotatable bonds is 3. The molecule has 0 saturated carbocycles.